The number of thiazole rings is 1. The Labute approximate surface area is 255 Å². The quantitative estimate of drug-likeness (QED) is 0.203. The van der Waals surface area contributed by atoms with Crippen molar-refractivity contribution in [2.24, 2.45) is 4.99 Å². The second kappa shape index (κ2) is 11.7. The van der Waals surface area contributed by atoms with Crippen molar-refractivity contribution in [2.75, 3.05) is 6.61 Å². The van der Waals surface area contributed by atoms with E-state index in [2.05, 4.69) is 27.6 Å². The Morgan fingerprint density at radius 3 is 2.46 bits per heavy atom. The summed E-state index contributed by atoms with van der Waals surface area (Å²) in [6.07, 6.45) is -3.59. The fourth-order valence-corrected chi connectivity index (χ4v) is 7.00. The molecule has 1 atom stereocenters. The van der Waals surface area contributed by atoms with Gasteiger partial charge in [0.2, 0.25) is 0 Å². The summed E-state index contributed by atoms with van der Waals surface area (Å²) in [7, 11) is 0. The molecule has 204 valence electrons. The lowest BCUT2D eigenvalue weighted by Gasteiger charge is -2.26. The number of esters is 2. The van der Waals surface area contributed by atoms with Crippen molar-refractivity contribution in [3.8, 4) is 5.75 Å². The molecule has 0 unspecified atom stereocenters. The summed E-state index contributed by atoms with van der Waals surface area (Å²) < 4.78 is 55.4. The number of benzene rings is 2. The minimum absolute atomic E-state index is 0.0190. The average Bonchev–Trinajstić information content (AvgIpc) is 3.15. The number of halogens is 6. The van der Waals surface area contributed by atoms with E-state index in [0.29, 0.717) is 25.5 Å². The van der Waals surface area contributed by atoms with Gasteiger partial charge in [0.25, 0.3) is 5.56 Å². The van der Waals surface area contributed by atoms with Crippen LogP contribution in [0.25, 0.3) is 6.08 Å². The maximum atomic E-state index is 14.2. The largest absolute Gasteiger partial charge is 0.463 e. The molecule has 0 radical (unpaired) electrons. The Balaban J connectivity index is 2.07. The van der Waals surface area contributed by atoms with Gasteiger partial charge in [-0.15, -0.1) is 0 Å². The molecule has 0 spiro atoms. The normalized spacial score (nSPS) is 15.6. The summed E-state index contributed by atoms with van der Waals surface area (Å²) in [5.41, 5.74) is -2.37. The van der Waals surface area contributed by atoms with Gasteiger partial charge in [0.15, 0.2) is 16.2 Å². The number of carbonyl (C=O) groups excluding carboxylic acids is 2. The molecule has 39 heavy (non-hydrogen) atoms. The van der Waals surface area contributed by atoms with E-state index in [9.17, 15) is 27.6 Å². The predicted octanol–water partition coefficient (Wildman–Crippen LogP) is 5.13. The summed E-state index contributed by atoms with van der Waals surface area (Å²) in [6, 6.07) is 7.71. The van der Waals surface area contributed by atoms with Gasteiger partial charge >= 0.3 is 18.1 Å². The monoisotopic (exact) mass is 802 g/mol. The van der Waals surface area contributed by atoms with Gasteiger partial charge in [-0.25, -0.2) is 9.79 Å². The van der Waals surface area contributed by atoms with Crippen molar-refractivity contribution >= 4 is 86.1 Å². The molecule has 3 aromatic rings. The van der Waals surface area contributed by atoms with Crippen molar-refractivity contribution in [1.29, 1.82) is 0 Å². The highest BCUT2D eigenvalue weighted by Gasteiger charge is 2.45. The first-order valence-electron chi connectivity index (χ1n) is 11.0. The first-order chi connectivity index (χ1) is 18.3. The van der Waals surface area contributed by atoms with E-state index in [0.717, 1.165) is 8.14 Å². The lowest BCUT2D eigenvalue weighted by molar-refractivity contribution is -0.140. The Bertz CT molecular complexity index is 1700. The van der Waals surface area contributed by atoms with Crippen LogP contribution in [0.15, 0.2) is 57.5 Å². The molecule has 0 N–H and O–H groups in total. The average molecular weight is 803 g/mol. The van der Waals surface area contributed by atoms with Crippen LogP contribution in [0.1, 0.15) is 31.0 Å². The fraction of sp³-hybridized carbons (Fsp3) is 0.200. The van der Waals surface area contributed by atoms with Gasteiger partial charge in [-0.05, 0) is 88.0 Å². The highest BCUT2D eigenvalue weighted by Crippen LogP contribution is 2.38. The zero-order valence-electron chi connectivity index (χ0n) is 19.9. The molecule has 2 aromatic carbocycles. The second-order valence-electron chi connectivity index (χ2n) is 8.01. The molecule has 0 saturated carbocycles. The lowest BCUT2D eigenvalue weighted by atomic mass is 9.95. The van der Waals surface area contributed by atoms with E-state index in [1.165, 1.54) is 44.2 Å². The van der Waals surface area contributed by atoms with Crippen LogP contribution in [0.4, 0.5) is 13.2 Å². The number of alkyl halides is 3. The zero-order chi connectivity index (χ0) is 28.6. The molecule has 7 nitrogen and oxygen atoms in total. The standard InChI is InChI=1S/C25H16ClF3I2N2O5S/c1-3-37-23(36)18-19(12-4-6-14(26)7-5-12)33-22(35)17(39-24(33)32-21(18)25(27,28)29)9-13-8-15(30)10-16(31)20(13)38-11(2)34/h4-10,19H,3H2,1-2H3/b17-9-/t19-/m0/s1. The SMILES string of the molecule is CCOC(=O)C1=C(C(F)(F)F)N=c2s/c(=C\c3cc(I)cc(I)c3OC(C)=O)c(=O)n2[C@H]1c1ccc(Cl)cc1. The molecule has 0 amide bonds. The van der Waals surface area contributed by atoms with E-state index in [1.54, 1.807) is 12.1 Å². The molecule has 2 heterocycles. The summed E-state index contributed by atoms with van der Waals surface area (Å²) in [4.78, 5) is 41.8. The van der Waals surface area contributed by atoms with Crippen molar-refractivity contribution in [1.82, 2.24) is 4.57 Å². The number of nitrogens with zero attached hydrogens (tertiary/aromatic N) is 2. The first-order valence-corrected chi connectivity index (χ1v) is 14.4. The van der Waals surface area contributed by atoms with Crippen LogP contribution in [-0.2, 0) is 14.3 Å². The van der Waals surface area contributed by atoms with Crippen molar-refractivity contribution < 1.29 is 32.2 Å². The van der Waals surface area contributed by atoms with Gasteiger partial charge in [-0.2, -0.15) is 13.2 Å². The molecule has 14 heteroatoms. The van der Waals surface area contributed by atoms with Gasteiger partial charge in [0.1, 0.15) is 0 Å². The maximum absolute atomic E-state index is 14.2. The third-order valence-corrected chi connectivity index (χ3v) is 8.01. The van der Waals surface area contributed by atoms with E-state index < -0.39 is 41.0 Å². The van der Waals surface area contributed by atoms with Crippen molar-refractivity contribution in [3.05, 3.63) is 90.6 Å². The van der Waals surface area contributed by atoms with Gasteiger partial charge in [-0.3, -0.25) is 14.2 Å². The third kappa shape index (κ3) is 6.25. The van der Waals surface area contributed by atoms with Crippen molar-refractivity contribution in [2.45, 2.75) is 26.1 Å². The minimum atomic E-state index is -5.02. The molecular formula is C25H16ClF3I2N2O5S. The minimum Gasteiger partial charge on any atom is -0.463 e. The number of hydrogen-bond acceptors (Lipinski definition) is 7. The van der Waals surface area contributed by atoms with Crippen LogP contribution < -0.4 is 19.6 Å². The number of allylic oxidation sites excluding steroid dienone is 1. The Kier molecular flexibility index (Phi) is 8.92. The number of hydrogen-bond donors (Lipinski definition) is 0. The summed E-state index contributed by atoms with van der Waals surface area (Å²) in [6.45, 7) is 2.50. The summed E-state index contributed by atoms with van der Waals surface area (Å²) in [5, 5.41) is 0.315. The summed E-state index contributed by atoms with van der Waals surface area (Å²) in [5.74, 6) is -1.62. The highest BCUT2D eigenvalue weighted by atomic mass is 127. The number of aromatic nitrogens is 1. The van der Waals surface area contributed by atoms with E-state index in [-0.39, 0.29) is 27.3 Å². The first kappa shape index (κ1) is 29.7. The molecule has 0 fully saturated rings. The van der Waals surface area contributed by atoms with Crippen LogP contribution in [0.2, 0.25) is 5.02 Å². The number of carbonyl (C=O) groups is 2. The molecular weight excluding hydrogens is 787 g/mol. The number of ether oxygens (including phenoxy) is 2. The van der Waals surface area contributed by atoms with Gasteiger partial charge < -0.3 is 9.47 Å². The molecule has 1 aromatic heterocycles. The zero-order valence-corrected chi connectivity index (χ0v) is 25.8. The van der Waals surface area contributed by atoms with Gasteiger partial charge in [0, 0.05) is 21.1 Å². The van der Waals surface area contributed by atoms with Crippen molar-refractivity contribution in [3.63, 3.8) is 0 Å². The summed E-state index contributed by atoms with van der Waals surface area (Å²) >= 11 is 10.7. The van der Waals surface area contributed by atoms with Crippen LogP contribution in [0.3, 0.4) is 0 Å². The predicted molar refractivity (Wildman–Crippen MR) is 155 cm³/mol. The Morgan fingerprint density at radius 2 is 1.87 bits per heavy atom. The maximum Gasteiger partial charge on any atom is 0.434 e. The van der Waals surface area contributed by atoms with Crippen LogP contribution >= 0.6 is 68.1 Å². The molecule has 1 aliphatic heterocycles. The smallest absolute Gasteiger partial charge is 0.434 e. The lowest BCUT2D eigenvalue weighted by Crippen LogP contribution is -2.41. The molecule has 0 aliphatic carbocycles. The van der Waals surface area contributed by atoms with Crippen LogP contribution in [-0.4, -0.2) is 29.3 Å². The van der Waals surface area contributed by atoms with Crippen LogP contribution in [0, 0.1) is 7.14 Å². The fourth-order valence-electron chi connectivity index (χ4n) is 3.88. The van der Waals surface area contributed by atoms with Gasteiger partial charge in [0.05, 0.1) is 26.3 Å². The molecule has 0 saturated heterocycles. The molecule has 1 aliphatic rings. The second-order valence-corrected chi connectivity index (χ2v) is 11.9. The highest BCUT2D eigenvalue weighted by molar-refractivity contribution is 14.1. The van der Waals surface area contributed by atoms with E-state index in [4.69, 9.17) is 21.1 Å². The Morgan fingerprint density at radius 1 is 1.21 bits per heavy atom. The van der Waals surface area contributed by atoms with E-state index >= 15 is 0 Å². The number of rotatable bonds is 5. The topological polar surface area (TPSA) is 87.0 Å². The Hall–Kier alpha value is -2.24. The van der Waals surface area contributed by atoms with Gasteiger partial charge in [-0.1, -0.05) is 35.1 Å². The third-order valence-electron chi connectivity index (χ3n) is 5.35. The van der Waals surface area contributed by atoms with E-state index in [1.807, 2.05) is 22.6 Å². The van der Waals surface area contributed by atoms with Crippen LogP contribution in [0.5, 0.6) is 5.75 Å². The molecule has 0 bridgehead atoms. The molecule has 4 rings (SSSR count). The number of fused-ring (bicyclic) bond motifs is 1.